The van der Waals surface area contributed by atoms with Crippen molar-refractivity contribution in [3.05, 3.63) is 93.5 Å². The molecule has 0 bridgehead atoms. The first-order valence-corrected chi connectivity index (χ1v) is 12.8. The SMILES string of the molecule is C[C@@H](NC(=O)c1ccc(CN2CCN(Cc3ccc4c(c3)OCO4)CC2)cc1)c1ccc(Br)cc1. The fraction of sp³-hybridized carbons (Fsp3) is 0.321. The van der Waals surface area contributed by atoms with Crippen LogP contribution in [0.15, 0.2) is 71.2 Å². The van der Waals surface area contributed by atoms with Crippen molar-refractivity contribution in [2.75, 3.05) is 33.0 Å². The van der Waals surface area contributed by atoms with Gasteiger partial charge in [-0.15, -0.1) is 0 Å². The van der Waals surface area contributed by atoms with E-state index in [0.29, 0.717) is 12.4 Å². The van der Waals surface area contributed by atoms with Crippen LogP contribution < -0.4 is 14.8 Å². The lowest BCUT2D eigenvalue weighted by atomic mass is 10.1. The van der Waals surface area contributed by atoms with Gasteiger partial charge in [-0.1, -0.05) is 46.3 Å². The molecule has 5 rings (SSSR count). The second kappa shape index (κ2) is 10.8. The third-order valence-corrected chi connectivity index (χ3v) is 7.18. The molecule has 2 aliphatic heterocycles. The summed E-state index contributed by atoms with van der Waals surface area (Å²) in [5, 5.41) is 3.09. The Hall–Kier alpha value is -2.87. The van der Waals surface area contributed by atoms with Crippen molar-refractivity contribution < 1.29 is 14.3 Å². The van der Waals surface area contributed by atoms with Gasteiger partial charge < -0.3 is 14.8 Å². The molecule has 35 heavy (non-hydrogen) atoms. The molecular weight excluding hydrogens is 506 g/mol. The van der Waals surface area contributed by atoms with Crippen LogP contribution in [0.25, 0.3) is 0 Å². The van der Waals surface area contributed by atoms with E-state index in [1.807, 2.05) is 49.4 Å². The molecule has 7 heteroatoms. The lowest BCUT2D eigenvalue weighted by molar-refractivity contribution is 0.0939. The molecule has 0 unspecified atom stereocenters. The number of hydrogen-bond acceptors (Lipinski definition) is 5. The molecule has 2 heterocycles. The number of rotatable bonds is 7. The van der Waals surface area contributed by atoms with Crippen LogP contribution in [-0.4, -0.2) is 48.7 Å². The number of hydrogen-bond donors (Lipinski definition) is 1. The van der Waals surface area contributed by atoms with Gasteiger partial charge >= 0.3 is 0 Å². The van der Waals surface area contributed by atoms with Crippen molar-refractivity contribution in [2.45, 2.75) is 26.1 Å². The van der Waals surface area contributed by atoms with Crippen LogP contribution in [0.5, 0.6) is 11.5 Å². The predicted molar refractivity (Wildman–Crippen MR) is 140 cm³/mol. The van der Waals surface area contributed by atoms with E-state index in [1.54, 1.807) is 0 Å². The molecule has 3 aromatic carbocycles. The summed E-state index contributed by atoms with van der Waals surface area (Å²) in [6.45, 7) is 8.25. The smallest absolute Gasteiger partial charge is 0.251 e. The fourth-order valence-electron chi connectivity index (χ4n) is 4.54. The maximum atomic E-state index is 12.7. The van der Waals surface area contributed by atoms with Crippen molar-refractivity contribution in [3.63, 3.8) is 0 Å². The van der Waals surface area contributed by atoms with Gasteiger partial charge in [0.05, 0.1) is 6.04 Å². The first-order valence-electron chi connectivity index (χ1n) is 12.0. The highest BCUT2D eigenvalue weighted by Crippen LogP contribution is 2.32. The summed E-state index contributed by atoms with van der Waals surface area (Å²) in [5.74, 6) is 1.63. The number of amides is 1. The standard InChI is InChI=1S/C28H30BrN3O3/c1-20(23-7-9-25(29)10-8-23)30-28(33)24-5-2-21(3-6-24)17-31-12-14-32(15-13-31)18-22-4-11-26-27(16-22)35-19-34-26/h2-11,16,20H,12-15,17-19H2,1H3,(H,30,33)/t20-/m1/s1. The molecule has 1 amide bonds. The molecule has 1 saturated heterocycles. The van der Waals surface area contributed by atoms with E-state index in [2.05, 4.69) is 55.3 Å². The topological polar surface area (TPSA) is 54.0 Å². The monoisotopic (exact) mass is 535 g/mol. The zero-order chi connectivity index (χ0) is 24.2. The van der Waals surface area contributed by atoms with Crippen molar-refractivity contribution in [3.8, 4) is 11.5 Å². The Kier molecular flexibility index (Phi) is 7.37. The third kappa shape index (κ3) is 6.04. The lowest BCUT2D eigenvalue weighted by Crippen LogP contribution is -2.45. The second-order valence-corrected chi connectivity index (χ2v) is 10.1. The number of benzene rings is 3. The molecular formula is C28H30BrN3O3. The van der Waals surface area contributed by atoms with Crippen LogP contribution in [-0.2, 0) is 13.1 Å². The number of carbonyl (C=O) groups excluding carboxylic acids is 1. The maximum Gasteiger partial charge on any atom is 0.251 e. The van der Waals surface area contributed by atoms with Crippen LogP contribution in [0.3, 0.4) is 0 Å². The number of nitrogens with one attached hydrogen (secondary N) is 1. The Morgan fingerprint density at radius 3 is 2.14 bits per heavy atom. The zero-order valence-electron chi connectivity index (χ0n) is 19.9. The first kappa shape index (κ1) is 23.9. The Labute approximate surface area is 215 Å². The summed E-state index contributed by atoms with van der Waals surface area (Å²) in [7, 11) is 0. The number of carbonyl (C=O) groups is 1. The Morgan fingerprint density at radius 1 is 0.857 bits per heavy atom. The van der Waals surface area contributed by atoms with Gasteiger partial charge in [0.1, 0.15) is 0 Å². The average molecular weight is 536 g/mol. The number of fused-ring (bicyclic) bond motifs is 1. The van der Waals surface area contributed by atoms with E-state index in [-0.39, 0.29) is 11.9 Å². The minimum Gasteiger partial charge on any atom is -0.454 e. The highest BCUT2D eigenvalue weighted by Gasteiger charge is 2.19. The van der Waals surface area contributed by atoms with E-state index in [0.717, 1.165) is 60.8 Å². The van der Waals surface area contributed by atoms with Crippen LogP contribution in [0.1, 0.15) is 40.0 Å². The third-order valence-electron chi connectivity index (χ3n) is 6.65. The van der Waals surface area contributed by atoms with Gasteiger partial charge in [-0.25, -0.2) is 0 Å². The van der Waals surface area contributed by atoms with Gasteiger partial charge in [-0.3, -0.25) is 14.6 Å². The number of ether oxygens (including phenoxy) is 2. The number of piperazine rings is 1. The Morgan fingerprint density at radius 2 is 1.46 bits per heavy atom. The molecule has 0 radical (unpaired) electrons. The second-order valence-electron chi connectivity index (χ2n) is 9.18. The Bertz CT molecular complexity index is 1160. The van der Waals surface area contributed by atoms with Crippen molar-refractivity contribution in [1.82, 2.24) is 15.1 Å². The van der Waals surface area contributed by atoms with Gasteiger partial charge in [-0.2, -0.15) is 0 Å². The van der Waals surface area contributed by atoms with E-state index in [1.165, 1.54) is 11.1 Å². The predicted octanol–water partition coefficient (Wildman–Crippen LogP) is 4.99. The Balaban J connectivity index is 1.08. The molecule has 3 aromatic rings. The normalized spacial score (nSPS) is 16.7. The molecule has 1 atom stereocenters. The van der Waals surface area contributed by atoms with E-state index < -0.39 is 0 Å². The van der Waals surface area contributed by atoms with Crippen LogP contribution >= 0.6 is 15.9 Å². The molecule has 0 aromatic heterocycles. The molecule has 0 spiro atoms. The van der Waals surface area contributed by atoms with Crippen molar-refractivity contribution in [2.24, 2.45) is 0 Å². The van der Waals surface area contributed by atoms with Crippen molar-refractivity contribution in [1.29, 1.82) is 0 Å². The van der Waals surface area contributed by atoms with Gasteiger partial charge in [-0.05, 0) is 60.0 Å². The summed E-state index contributed by atoms with van der Waals surface area (Å²) in [5.41, 5.74) is 4.25. The maximum absolute atomic E-state index is 12.7. The van der Waals surface area contributed by atoms with Crippen LogP contribution in [0.2, 0.25) is 0 Å². The quantitative estimate of drug-likeness (QED) is 0.462. The number of halogens is 1. The largest absolute Gasteiger partial charge is 0.454 e. The molecule has 6 nitrogen and oxygen atoms in total. The van der Waals surface area contributed by atoms with E-state index >= 15 is 0 Å². The highest BCUT2D eigenvalue weighted by molar-refractivity contribution is 9.10. The summed E-state index contributed by atoms with van der Waals surface area (Å²) >= 11 is 3.45. The average Bonchev–Trinajstić information content (AvgIpc) is 3.34. The van der Waals surface area contributed by atoms with Crippen LogP contribution in [0, 0.1) is 0 Å². The molecule has 1 N–H and O–H groups in total. The van der Waals surface area contributed by atoms with E-state index in [9.17, 15) is 4.79 Å². The first-order chi connectivity index (χ1) is 17.0. The molecule has 0 saturated carbocycles. The van der Waals surface area contributed by atoms with E-state index in [4.69, 9.17) is 9.47 Å². The van der Waals surface area contributed by atoms with Crippen LogP contribution in [0.4, 0.5) is 0 Å². The number of nitrogens with zero attached hydrogens (tertiary/aromatic N) is 2. The summed E-state index contributed by atoms with van der Waals surface area (Å²) in [4.78, 5) is 17.6. The fourth-order valence-corrected chi connectivity index (χ4v) is 4.80. The summed E-state index contributed by atoms with van der Waals surface area (Å²) in [6.07, 6.45) is 0. The van der Waals surface area contributed by atoms with Gasteiger partial charge in [0.15, 0.2) is 11.5 Å². The van der Waals surface area contributed by atoms with Gasteiger partial charge in [0, 0.05) is 49.3 Å². The van der Waals surface area contributed by atoms with Gasteiger partial charge in [0.2, 0.25) is 6.79 Å². The summed E-state index contributed by atoms with van der Waals surface area (Å²) in [6, 6.07) is 22.2. The molecule has 1 fully saturated rings. The molecule has 0 aliphatic carbocycles. The molecule has 182 valence electrons. The minimum atomic E-state index is -0.0518. The summed E-state index contributed by atoms with van der Waals surface area (Å²) < 4.78 is 11.9. The molecule has 2 aliphatic rings. The van der Waals surface area contributed by atoms with Crippen molar-refractivity contribution >= 4 is 21.8 Å². The van der Waals surface area contributed by atoms with Gasteiger partial charge in [0.25, 0.3) is 5.91 Å². The zero-order valence-corrected chi connectivity index (χ0v) is 21.5. The highest BCUT2D eigenvalue weighted by atomic mass is 79.9. The minimum absolute atomic E-state index is 0.0516. The lowest BCUT2D eigenvalue weighted by Gasteiger charge is -2.34.